The zero-order chi connectivity index (χ0) is 13.6. The second-order valence-corrected chi connectivity index (χ2v) is 4.61. The van der Waals surface area contributed by atoms with E-state index in [0.29, 0.717) is 12.5 Å². The van der Waals surface area contributed by atoms with E-state index in [-0.39, 0.29) is 0 Å². The molecule has 0 amide bonds. The largest absolute Gasteiger partial charge is 0.369 e. The second-order valence-electron chi connectivity index (χ2n) is 4.61. The lowest BCUT2D eigenvalue weighted by Crippen LogP contribution is -2.11. The predicted octanol–water partition coefficient (Wildman–Crippen LogP) is 0.696. The van der Waals surface area contributed by atoms with Gasteiger partial charge in [0.15, 0.2) is 5.65 Å². The molecule has 3 aromatic rings. The zero-order valence-electron chi connectivity index (χ0n) is 11.3. The molecular weight excluding hydrogens is 242 g/mol. The van der Waals surface area contributed by atoms with Crippen LogP contribution in [0.1, 0.15) is 18.4 Å². The fourth-order valence-corrected chi connectivity index (χ4v) is 2.34. The maximum absolute atomic E-state index is 6.03. The lowest BCUT2D eigenvalue weighted by molar-refractivity contribution is 0.682. The summed E-state index contributed by atoms with van der Waals surface area (Å²) in [7, 11) is 3.88. The molecule has 0 atom stereocenters. The fourth-order valence-electron chi connectivity index (χ4n) is 2.34. The van der Waals surface area contributed by atoms with Crippen LogP contribution in [0.2, 0.25) is 0 Å². The number of anilines is 1. The van der Waals surface area contributed by atoms with Crippen molar-refractivity contribution in [3.63, 3.8) is 0 Å². The van der Waals surface area contributed by atoms with E-state index >= 15 is 0 Å². The van der Waals surface area contributed by atoms with E-state index in [9.17, 15) is 0 Å². The summed E-state index contributed by atoms with van der Waals surface area (Å²) in [6.45, 7) is 2.66. The molecule has 0 radical (unpaired) electrons. The van der Waals surface area contributed by atoms with Crippen molar-refractivity contribution < 1.29 is 0 Å². The van der Waals surface area contributed by atoms with Crippen LogP contribution in [0.25, 0.3) is 11.2 Å². The van der Waals surface area contributed by atoms with Gasteiger partial charge >= 0.3 is 0 Å². The third-order valence-corrected chi connectivity index (χ3v) is 3.38. The van der Waals surface area contributed by atoms with Gasteiger partial charge < -0.3 is 10.3 Å². The molecule has 0 fully saturated rings. The molecule has 3 rings (SSSR count). The average molecular weight is 259 g/mol. The molecule has 0 saturated carbocycles. The second kappa shape index (κ2) is 4.11. The van der Waals surface area contributed by atoms with Crippen LogP contribution in [-0.4, -0.2) is 28.9 Å². The first-order valence-corrected chi connectivity index (χ1v) is 6.25. The van der Waals surface area contributed by atoms with Crippen molar-refractivity contribution in [1.29, 1.82) is 0 Å². The van der Waals surface area contributed by atoms with Crippen LogP contribution in [0.15, 0.2) is 12.4 Å². The number of fused-ring (bicyclic) bond motifs is 1. The summed E-state index contributed by atoms with van der Waals surface area (Å²) in [6, 6.07) is 0. The van der Waals surface area contributed by atoms with Crippen molar-refractivity contribution in [3.8, 4) is 0 Å². The normalized spacial score (nSPS) is 11.5. The highest BCUT2D eigenvalue weighted by atomic mass is 15.4. The highest BCUT2D eigenvalue weighted by molar-refractivity contribution is 5.77. The van der Waals surface area contributed by atoms with Gasteiger partial charge in [-0.25, -0.2) is 9.97 Å². The molecule has 0 aliphatic carbocycles. The van der Waals surface area contributed by atoms with Crippen molar-refractivity contribution in [2.75, 3.05) is 5.73 Å². The SMILES string of the molecule is CCc1nn(C)c2c1nc(N)n2Cc1nccn1C. The standard InChI is InChI=1S/C12H17N7/c1-4-8-10-11(18(3)16-8)19(12(13)15-10)7-9-14-5-6-17(9)2/h5-6H,4,7H2,1-3H3,(H2,13,15). The van der Waals surface area contributed by atoms with E-state index in [4.69, 9.17) is 5.73 Å². The number of aromatic nitrogens is 6. The third-order valence-electron chi connectivity index (χ3n) is 3.38. The monoisotopic (exact) mass is 259 g/mol. The molecule has 7 nitrogen and oxygen atoms in total. The molecule has 0 bridgehead atoms. The van der Waals surface area contributed by atoms with E-state index in [1.54, 1.807) is 6.20 Å². The number of aryl methyl sites for hydroxylation is 3. The summed E-state index contributed by atoms with van der Waals surface area (Å²) in [5.74, 6) is 1.44. The molecular formula is C12H17N7. The van der Waals surface area contributed by atoms with E-state index < -0.39 is 0 Å². The van der Waals surface area contributed by atoms with E-state index in [1.165, 1.54) is 0 Å². The van der Waals surface area contributed by atoms with Gasteiger partial charge in [0.05, 0.1) is 12.2 Å². The molecule has 0 unspecified atom stereocenters. The van der Waals surface area contributed by atoms with Crippen LogP contribution >= 0.6 is 0 Å². The Morgan fingerprint density at radius 2 is 2.11 bits per heavy atom. The van der Waals surface area contributed by atoms with Gasteiger partial charge in [-0.15, -0.1) is 0 Å². The maximum Gasteiger partial charge on any atom is 0.202 e. The van der Waals surface area contributed by atoms with Gasteiger partial charge in [0.25, 0.3) is 0 Å². The Morgan fingerprint density at radius 3 is 2.74 bits per heavy atom. The molecule has 3 aromatic heterocycles. The van der Waals surface area contributed by atoms with Gasteiger partial charge in [-0.05, 0) is 6.42 Å². The van der Waals surface area contributed by atoms with Crippen LogP contribution in [-0.2, 0) is 27.1 Å². The Balaban J connectivity index is 2.15. The van der Waals surface area contributed by atoms with Gasteiger partial charge in [0, 0.05) is 26.5 Å². The minimum atomic E-state index is 0.501. The summed E-state index contributed by atoms with van der Waals surface area (Å²) in [4.78, 5) is 8.76. The Hall–Kier alpha value is -2.31. The average Bonchev–Trinajstić information content (AvgIpc) is 3.00. The first kappa shape index (κ1) is 11.8. The molecule has 100 valence electrons. The minimum Gasteiger partial charge on any atom is -0.369 e. The Morgan fingerprint density at radius 1 is 1.32 bits per heavy atom. The number of hydrogen-bond acceptors (Lipinski definition) is 4. The highest BCUT2D eigenvalue weighted by Crippen LogP contribution is 2.22. The first-order valence-electron chi connectivity index (χ1n) is 6.25. The first-order chi connectivity index (χ1) is 9.11. The Bertz CT molecular complexity index is 731. The van der Waals surface area contributed by atoms with Crippen molar-refractivity contribution in [2.24, 2.45) is 14.1 Å². The van der Waals surface area contributed by atoms with Crippen LogP contribution in [0.3, 0.4) is 0 Å². The highest BCUT2D eigenvalue weighted by Gasteiger charge is 2.17. The number of nitrogens with two attached hydrogens (primary N) is 1. The molecule has 0 aromatic carbocycles. The lowest BCUT2D eigenvalue weighted by Gasteiger charge is -2.06. The summed E-state index contributed by atoms with van der Waals surface area (Å²) in [5.41, 5.74) is 8.83. The van der Waals surface area contributed by atoms with Gasteiger partial charge in [-0.3, -0.25) is 9.25 Å². The van der Waals surface area contributed by atoms with Gasteiger partial charge in [0.1, 0.15) is 11.3 Å². The molecule has 19 heavy (non-hydrogen) atoms. The summed E-state index contributed by atoms with van der Waals surface area (Å²) in [5, 5.41) is 4.47. The number of rotatable bonds is 3. The Kier molecular flexibility index (Phi) is 2.55. The molecule has 3 heterocycles. The third kappa shape index (κ3) is 1.69. The van der Waals surface area contributed by atoms with Gasteiger partial charge in [-0.2, -0.15) is 5.10 Å². The summed E-state index contributed by atoms with van der Waals surface area (Å²) >= 11 is 0. The van der Waals surface area contributed by atoms with Crippen molar-refractivity contribution in [3.05, 3.63) is 23.9 Å². The van der Waals surface area contributed by atoms with Crippen LogP contribution in [0.5, 0.6) is 0 Å². The van der Waals surface area contributed by atoms with Gasteiger partial charge in [0.2, 0.25) is 5.95 Å². The van der Waals surface area contributed by atoms with E-state index in [0.717, 1.165) is 29.1 Å². The topological polar surface area (TPSA) is 79.5 Å². The van der Waals surface area contributed by atoms with Gasteiger partial charge in [-0.1, -0.05) is 6.92 Å². The molecule has 2 N–H and O–H groups in total. The molecule has 0 saturated heterocycles. The number of hydrogen-bond donors (Lipinski definition) is 1. The van der Waals surface area contributed by atoms with E-state index in [1.807, 2.05) is 34.1 Å². The number of imidazole rings is 2. The smallest absolute Gasteiger partial charge is 0.202 e. The van der Waals surface area contributed by atoms with E-state index in [2.05, 4.69) is 22.0 Å². The van der Waals surface area contributed by atoms with Crippen molar-refractivity contribution in [2.45, 2.75) is 19.9 Å². The van der Waals surface area contributed by atoms with Crippen LogP contribution < -0.4 is 5.73 Å². The summed E-state index contributed by atoms with van der Waals surface area (Å²) in [6.07, 6.45) is 4.54. The van der Waals surface area contributed by atoms with Crippen molar-refractivity contribution in [1.82, 2.24) is 28.9 Å². The predicted molar refractivity (Wildman–Crippen MR) is 72.6 cm³/mol. The number of nitrogens with zero attached hydrogens (tertiary/aromatic N) is 6. The molecule has 0 aliphatic rings. The number of nitrogen functional groups attached to an aromatic ring is 1. The minimum absolute atomic E-state index is 0.501. The fraction of sp³-hybridized carbons (Fsp3) is 0.417. The Labute approximate surface area is 110 Å². The molecule has 0 spiro atoms. The molecule has 0 aliphatic heterocycles. The van der Waals surface area contributed by atoms with Crippen LogP contribution in [0, 0.1) is 0 Å². The van der Waals surface area contributed by atoms with Crippen LogP contribution in [0.4, 0.5) is 5.95 Å². The zero-order valence-corrected chi connectivity index (χ0v) is 11.3. The quantitative estimate of drug-likeness (QED) is 0.750. The van der Waals surface area contributed by atoms with Crippen molar-refractivity contribution >= 4 is 17.1 Å². The maximum atomic E-state index is 6.03. The summed E-state index contributed by atoms with van der Waals surface area (Å²) < 4.78 is 5.76. The molecule has 7 heteroatoms. The lowest BCUT2D eigenvalue weighted by atomic mass is 10.3.